The first kappa shape index (κ1) is 30.8. The highest BCUT2D eigenvalue weighted by atomic mass is 79.9. The van der Waals surface area contributed by atoms with Crippen molar-refractivity contribution in [2.24, 2.45) is 29.6 Å². The van der Waals surface area contributed by atoms with Crippen LogP contribution in [-0.2, 0) is 14.4 Å². The first-order valence-electron chi connectivity index (χ1n) is 16.3. The Morgan fingerprint density at radius 3 is 2.49 bits per heavy atom. The number of carbonyl (C=O) groups excluding carboxylic acids is 3. The summed E-state index contributed by atoms with van der Waals surface area (Å²) in [6.45, 7) is 1.77. The van der Waals surface area contributed by atoms with Crippen LogP contribution in [0.5, 0.6) is 5.75 Å². The van der Waals surface area contributed by atoms with Crippen LogP contribution < -0.4 is 19.8 Å². The Morgan fingerprint density at radius 1 is 0.939 bits per heavy atom. The molecule has 9 rings (SSSR count). The molecule has 3 fully saturated rings. The van der Waals surface area contributed by atoms with E-state index in [-0.39, 0.29) is 64.0 Å². The lowest BCUT2D eigenvalue weighted by Crippen LogP contribution is -2.42. The number of thioether (sulfide) groups is 1. The van der Waals surface area contributed by atoms with E-state index in [0.717, 1.165) is 42.7 Å². The molecule has 2 N–H and O–H groups in total. The number of amides is 3. The van der Waals surface area contributed by atoms with Crippen molar-refractivity contribution in [3.8, 4) is 5.75 Å². The lowest BCUT2D eigenvalue weighted by molar-refractivity contribution is -0.123. The molecular formula is C38H30BrN3O5S2. The van der Waals surface area contributed by atoms with Crippen LogP contribution >= 0.6 is 39.0 Å². The van der Waals surface area contributed by atoms with Gasteiger partial charge in [-0.15, -0.1) is 11.8 Å². The Balaban J connectivity index is 1.04. The molecule has 2 saturated carbocycles. The molecule has 1 saturated heterocycles. The number of benzene rings is 4. The SMILES string of the molecule is Cc1ccc(N2C(=O)C3C(C2=O)[C@@H]2C[C@H]3C3Sc4[nH]c(=O)sc4[C@H](c4cc(Br)ccc4OCC(=O)Nc4ccc5ccccc5c4)C32)cc1. The van der Waals surface area contributed by atoms with Gasteiger partial charge in [0.1, 0.15) is 5.75 Å². The summed E-state index contributed by atoms with van der Waals surface area (Å²) in [6.07, 6.45) is 0.783. The van der Waals surface area contributed by atoms with Gasteiger partial charge in [-0.05, 0) is 84.3 Å². The van der Waals surface area contributed by atoms with Crippen molar-refractivity contribution < 1.29 is 19.1 Å². The van der Waals surface area contributed by atoms with Gasteiger partial charge in [0.25, 0.3) is 5.91 Å². The predicted molar refractivity (Wildman–Crippen MR) is 194 cm³/mol. The van der Waals surface area contributed by atoms with E-state index in [1.165, 1.54) is 16.2 Å². The van der Waals surface area contributed by atoms with Crippen LogP contribution in [-0.4, -0.2) is 34.6 Å². The van der Waals surface area contributed by atoms with E-state index >= 15 is 0 Å². The zero-order chi connectivity index (χ0) is 33.6. The molecule has 246 valence electrons. The summed E-state index contributed by atoms with van der Waals surface area (Å²) in [4.78, 5) is 59.3. The Morgan fingerprint density at radius 2 is 1.69 bits per heavy atom. The van der Waals surface area contributed by atoms with E-state index < -0.39 is 5.92 Å². The van der Waals surface area contributed by atoms with Gasteiger partial charge in [-0.1, -0.05) is 75.3 Å². The van der Waals surface area contributed by atoms with E-state index in [1.807, 2.05) is 91.9 Å². The topological polar surface area (TPSA) is 109 Å². The number of imide groups is 1. The fourth-order valence-corrected chi connectivity index (χ4v) is 12.1. The molecule has 11 heteroatoms. The number of ether oxygens (including phenoxy) is 1. The Labute approximate surface area is 298 Å². The summed E-state index contributed by atoms with van der Waals surface area (Å²) < 4.78 is 7.12. The monoisotopic (exact) mass is 751 g/mol. The van der Waals surface area contributed by atoms with Gasteiger partial charge in [-0.3, -0.25) is 24.1 Å². The zero-order valence-corrected chi connectivity index (χ0v) is 29.4. The molecule has 4 unspecified atom stereocenters. The summed E-state index contributed by atoms with van der Waals surface area (Å²) in [5, 5.41) is 5.92. The second-order valence-corrected chi connectivity index (χ2v) is 16.5. The van der Waals surface area contributed by atoms with Crippen LogP contribution in [0.2, 0.25) is 0 Å². The number of aromatic nitrogens is 1. The number of fused-ring (bicyclic) bond motifs is 10. The minimum atomic E-state index is -0.412. The molecule has 4 aliphatic rings. The smallest absolute Gasteiger partial charge is 0.305 e. The third-order valence-corrected chi connectivity index (χ3v) is 13.8. The van der Waals surface area contributed by atoms with Crippen molar-refractivity contribution in [3.05, 3.63) is 115 Å². The number of nitrogens with zero attached hydrogens (tertiary/aromatic N) is 1. The van der Waals surface area contributed by atoms with E-state index in [9.17, 15) is 19.2 Å². The predicted octanol–water partition coefficient (Wildman–Crippen LogP) is 7.36. The fourth-order valence-electron chi connectivity index (χ4n) is 8.81. The molecule has 4 aromatic carbocycles. The lowest BCUT2D eigenvalue weighted by Gasteiger charge is -2.43. The third kappa shape index (κ3) is 5.00. The first-order valence-corrected chi connectivity index (χ1v) is 18.8. The second kappa shape index (κ2) is 11.7. The van der Waals surface area contributed by atoms with E-state index in [2.05, 4.69) is 26.2 Å². The quantitative estimate of drug-likeness (QED) is 0.176. The van der Waals surface area contributed by atoms with Gasteiger partial charge in [0, 0.05) is 31.8 Å². The molecule has 0 spiro atoms. The summed E-state index contributed by atoms with van der Waals surface area (Å²) in [6, 6.07) is 27.0. The normalized spacial score (nSPS) is 26.5. The summed E-state index contributed by atoms with van der Waals surface area (Å²) in [7, 11) is 0. The standard InChI is InChI=1S/C38H30BrN3O5S2/c1-18-6-11-23(12-7-18)42-36(44)31-25-16-26(32(31)37(42)45)33-30(25)29(34-35(48-33)41-38(46)49-34)24-15-21(39)9-13-27(24)47-17-28(43)40-22-10-8-19-4-2-3-5-20(19)14-22/h2-15,25-26,29-33H,16-17H2,1H3,(H,40,43)(H,41,46)/t25-,26-,29-,30?,31?,32?,33?/m1/s1. The highest BCUT2D eigenvalue weighted by molar-refractivity contribution is 9.10. The molecule has 2 aliphatic carbocycles. The summed E-state index contributed by atoms with van der Waals surface area (Å²) in [5.74, 6) is -1.08. The van der Waals surface area contributed by atoms with Gasteiger partial charge in [0.2, 0.25) is 11.8 Å². The van der Waals surface area contributed by atoms with E-state index in [1.54, 1.807) is 11.8 Å². The molecule has 2 aliphatic heterocycles. The molecule has 7 atom stereocenters. The highest BCUT2D eigenvalue weighted by Gasteiger charge is 2.69. The first-order chi connectivity index (χ1) is 23.7. The van der Waals surface area contributed by atoms with E-state index in [4.69, 9.17) is 4.74 Å². The number of anilines is 2. The number of thiazole rings is 1. The van der Waals surface area contributed by atoms with Crippen molar-refractivity contribution in [3.63, 3.8) is 0 Å². The van der Waals surface area contributed by atoms with Crippen LogP contribution in [0, 0.1) is 36.5 Å². The minimum absolute atomic E-state index is 0.000188. The van der Waals surface area contributed by atoms with Crippen molar-refractivity contribution in [1.29, 1.82) is 0 Å². The number of aromatic amines is 1. The largest absolute Gasteiger partial charge is 0.483 e. The van der Waals surface area contributed by atoms with Crippen LogP contribution in [0.1, 0.15) is 28.3 Å². The van der Waals surface area contributed by atoms with Crippen molar-refractivity contribution in [2.75, 3.05) is 16.8 Å². The van der Waals surface area contributed by atoms with Gasteiger partial charge < -0.3 is 15.0 Å². The number of hydrogen-bond donors (Lipinski definition) is 2. The lowest BCUT2D eigenvalue weighted by atomic mass is 9.68. The van der Waals surface area contributed by atoms with Gasteiger partial charge in [0.15, 0.2) is 6.61 Å². The number of aryl methyl sites for hydroxylation is 1. The molecule has 3 amide bonds. The van der Waals surface area contributed by atoms with E-state index in [0.29, 0.717) is 17.1 Å². The maximum atomic E-state index is 14.1. The molecule has 49 heavy (non-hydrogen) atoms. The molecule has 8 nitrogen and oxygen atoms in total. The highest BCUT2D eigenvalue weighted by Crippen LogP contribution is 2.69. The zero-order valence-electron chi connectivity index (χ0n) is 26.2. The summed E-state index contributed by atoms with van der Waals surface area (Å²) >= 11 is 6.49. The van der Waals surface area contributed by atoms with Gasteiger partial charge in [-0.25, -0.2) is 0 Å². The van der Waals surface area contributed by atoms with Crippen LogP contribution in [0.4, 0.5) is 11.4 Å². The average molecular weight is 753 g/mol. The Hall–Kier alpha value is -4.19. The maximum Gasteiger partial charge on any atom is 0.305 e. The van der Waals surface area contributed by atoms with Crippen LogP contribution in [0.3, 0.4) is 0 Å². The van der Waals surface area contributed by atoms with Gasteiger partial charge >= 0.3 is 4.87 Å². The molecule has 5 aromatic rings. The maximum absolute atomic E-state index is 14.1. The molecular weight excluding hydrogens is 722 g/mol. The molecule has 2 bridgehead atoms. The van der Waals surface area contributed by atoms with Gasteiger partial charge in [-0.2, -0.15) is 0 Å². The van der Waals surface area contributed by atoms with Crippen molar-refractivity contribution in [1.82, 2.24) is 4.98 Å². The molecule has 1 aromatic heterocycles. The fraction of sp³-hybridized carbons (Fsp3) is 0.263. The summed E-state index contributed by atoms with van der Waals surface area (Å²) in [5.41, 5.74) is 3.22. The number of rotatable bonds is 6. The van der Waals surface area contributed by atoms with Crippen LogP contribution in [0.15, 0.2) is 99.2 Å². The molecule has 0 radical (unpaired) electrons. The second-order valence-electron chi connectivity index (χ2n) is 13.4. The number of H-pyrrole nitrogens is 1. The number of halogens is 1. The third-order valence-electron chi connectivity index (χ3n) is 10.7. The van der Waals surface area contributed by atoms with Gasteiger partial charge in [0.05, 0.1) is 22.5 Å². The number of hydrogen-bond acceptors (Lipinski definition) is 7. The number of nitrogens with one attached hydrogen (secondary N) is 2. The number of carbonyl (C=O) groups is 3. The molecule has 3 heterocycles. The average Bonchev–Trinajstić information content (AvgIpc) is 3.83. The van der Waals surface area contributed by atoms with Crippen LogP contribution in [0.25, 0.3) is 10.8 Å². The minimum Gasteiger partial charge on any atom is -0.483 e. The Bertz CT molecular complexity index is 2250. The Kier molecular flexibility index (Phi) is 7.37. The van der Waals surface area contributed by atoms with Crippen molar-refractivity contribution >= 4 is 78.9 Å². The van der Waals surface area contributed by atoms with Crippen molar-refractivity contribution in [2.45, 2.75) is 29.5 Å².